The summed E-state index contributed by atoms with van der Waals surface area (Å²) in [6.07, 6.45) is 1.64. The normalized spacial score (nSPS) is 13.1. The number of ether oxygens (including phenoxy) is 2. The molecule has 2 heterocycles. The molecule has 0 spiro atoms. The smallest absolute Gasteiger partial charge is 0.231 e. The number of hydrogen-bond acceptors (Lipinski definition) is 5. The molecule has 1 aliphatic heterocycles. The zero-order valence-corrected chi connectivity index (χ0v) is 7.75. The molecular formula is C9H8N4O2. The number of benzene rings is 1. The average Bonchev–Trinajstić information content (AvgIpc) is 2.84. The maximum atomic E-state index is 5.48. The Morgan fingerprint density at radius 2 is 2.13 bits per heavy atom. The van der Waals surface area contributed by atoms with Crippen molar-refractivity contribution in [2.75, 3.05) is 12.5 Å². The highest BCUT2D eigenvalue weighted by molar-refractivity contribution is 5.50. The van der Waals surface area contributed by atoms with Crippen molar-refractivity contribution in [1.29, 1.82) is 0 Å². The van der Waals surface area contributed by atoms with Gasteiger partial charge in [-0.25, -0.2) is 4.68 Å². The summed E-state index contributed by atoms with van der Waals surface area (Å²) in [6.45, 7) is 0.262. The molecule has 2 N–H and O–H groups in total. The third kappa shape index (κ3) is 1.26. The van der Waals surface area contributed by atoms with Crippen LogP contribution in [0.2, 0.25) is 0 Å². The highest BCUT2D eigenvalue weighted by Gasteiger charge is 2.14. The molecule has 1 aliphatic rings. The number of hydrogen-bond donors (Lipinski definition) is 1. The number of nitrogen functional groups attached to an aromatic ring is 1. The molecule has 0 aliphatic carbocycles. The van der Waals surface area contributed by atoms with E-state index in [4.69, 9.17) is 15.2 Å². The van der Waals surface area contributed by atoms with Gasteiger partial charge < -0.3 is 15.2 Å². The molecule has 0 radical (unpaired) electrons. The second-order valence-corrected chi connectivity index (χ2v) is 3.13. The second kappa shape index (κ2) is 2.88. The van der Waals surface area contributed by atoms with Gasteiger partial charge in [-0.1, -0.05) is 5.21 Å². The zero-order valence-electron chi connectivity index (χ0n) is 7.75. The van der Waals surface area contributed by atoms with E-state index in [-0.39, 0.29) is 6.79 Å². The summed E-state index contributed by atoms with van der Waals surface area (Å²) in [6, 6.07) is 5.52. The Hall–Kier alpha value is -2.24. The number of aromatic nitrogens is 3. The Balaban J connectivity index is 2.06. The summed E-state index contributed by atoms with van der Waals surface area (Å²) in [4.78, 5) is 0. The predicted molar refractivity (Wildman–Crippen MR) is 51.9 cm³/mol. The molecule has 3 rings (SSSR count). The number of nitrogens with zero attached hydrogens (tertiary/aromatic N) is 3. The molecule has 6 nitrogen and oxygen atoms in total. The Bertz CT molecular complexity index is 509. The molecule has 0 atom stereocenters. The van der Waals surface area contributed by atoms with Crippen LogP contribution in [0.5, 0.6) is 11.5 Å². The van der Waals surface area contributed by atoms with Gasteiger partial charge in [0.2, 0.25) is 6.79 Å². The topological polar surface area (TPSA) is 75.2 Å². The van der Waals surface area contributed by atoms with Gasteiger partial charge in [0.15, 0.2) is 17.3 Å². The molecule has 0 fully saturated rings. The number of nitrogens with two attached hydrogens (primary N) is 1. The zero-order chi connectivity index (χ0) is 10.3. The van der Waals surface area contributed by atoms with Gasteiger partial charge in [-0.05, 0) is 12.1 Å². The Morgan fingerprint density at radius 3 is 2.93 bits per heavy atom. The van der Waals surface area contributed by atoms with Crippen molar-refractivity contribution in [1.82, 2.24) is 15.0 Å². The summed E-state index contributed by atoms with van der Waals surface area (Å²) >= 11 is 0. The van der Waals surface area contributed by atoms with Crippen molar-refractivity contribution in [3.05, 3.63) is 24.4 Å². The van der Waals surface area contributed by atoms with Gasteiger partial charge in [0.25, 0.3) is 0 Å². The monoisotopic (exact) mass is 204 g/mol. The standard InChI is InChI=1S/C9H8N4O2/c10-9-4-13(12-11-9)6-1-2-7-8(3-6)15-5-14-7/h1-4H,5,10H2. The van der Waals surface area contributed by atoms with Crippen molar-refractivity contribution in [3.63, 3.8) is 0 Å². The van der Waals surface area contributed by atoms with Gasteiger partial charge in [-0.3, -0.25) is 0 Å². The number of rotatable bonds is 1. The van der Waals surface area contributed by atoms with Crippen molar-refractivity contribution in [2.45, 2.75) is 0 Å². The summed E-state index contributed by atoms with van der Waals surface area (Å²) in [5.74, 6) is 1.83. The lowest BCUT2D eigenvalue weighted by Gasteiger charge is -2.00. The van der Waals surface area contributed by atoms with E-state index in [1.807, 2.05) is 18.2 Å². The van der Waals surface area contributed by atoms with Gasteiger partial charge in [-0.2, -0.15) is 0 Å². The molecule has 1 aromatic carbocycles. The van der Waals surface area contributed by atoms with Crippen LogP contribution >= 0.6 is 0 Å². The fraction of sp³-hybridized carbons (Fsp3) is 0.111. The minimum Gasteiger partial charge on any atom is -0.454 e. The van der Waals surface area contributed by atoms with E-state index in [1.165, 1.54) is 0 Å². The fourth-order valence-electron chi connectivity index (χ4n) is 1.43. The van der Waals surface area contributed by atoms with E-state index < -0.39 is 0 Å². The van der Waals surface area contributed by atoms with Crippen LogP contribution in [0.3, 0.4) is 0 Å². The van der Waals surface area contributed by atoms with Crippen LogP contribution in [0.1, 0.15) is 0 Å². The molecule has 6 heteroatoms. The Labute approximate surface area is 85.2 Å². The molecule has 2 aromatic rings. The molecule has 15 heavy (non-hydrogen) atoms. The highest BCUT2D eigenvalue weighted by Crippen LogP contribution is 2.33. The maximum absolute atomic E-state index is 5.48. The number of fused-ring (bicyclic) bond motifs is 1. The lowest BCUT2D eigenvalue weighted by Crippen LogP contribution is -1.94. The first kappa shape index (κ1) is 8.10. The van der Waals surface area contributed by atoms with E-state index in [0.717, 1.165) is 11.4 Å². The second-order valence-electron chi connectivity index (χ2n) is 3.13. The molecule has 0 saturated heterocycles. The third-order valence-electron chi connectivity index (χ3n) is 2.13. The maximum Gasteiger partial charge on any atom is 0.231 e. The quantitative estimate of drug-likeness (QED) is 0.735. The molecular weight excluding hydrogens is 196 g/mol. The van der Waals surface area contributed by atoms with Gasteiger partial charge >= 0.3 is 0 Å². The molecule has 0 bridgehead atoms. The van der Waals surface area contributed by atoms with Crippen LogP contribution in [0.4, 0.5) is 5.82 Å². The minimum absolute atomic E-state index is 0.262. The molecule has 0 unspecified atom stereocenters. The van der Waals surface area contributed by atoms with Gasteiger partial charge in [0, 0.05) is 6.07 Å². The van der Waals surface area contributed by atoms with Gasteiger partial charge in [0.05, 0.1) is 11.9 Å². The van der Waals surface area contributed by atoms with Crippen LogP contribution < -0.4 is 15.2 Å². The predicted octanol–water partition coefficient (Wildman–Crippen LogP) is 0.578. The first-order valence-electron chi connectivity index (χ1n) is 4.41. The van der Waals surface area contributed by atoms with Crippen molar-refractivity contribution >= 4 is 5.82 Å². The lowest BCUT2D eigenvalue weighted by molar-refractivity contribution is 0.174. The van der Waals surface area contributed by atoms with Crippen LogP contribution in [0.25, 0.3) is 5.69 Å². The Morgan fingerprint density at radius 1 is 1.27 bits per heavy atom. The first-order chi connectivity index (χ1) is 7.33. The summed E-state index contributed by atoms with van der Waals surface area (Å²) < 4.78 is 12.0. The van der Waals surface area contributed by atoms with Gasteiger partial charge in [0.1, 0.15) is 0 Å². The average molecular weight is 204 g/mol. The molecule has 0 amide bonds. The van der Waals surface area contributed by atoms with Crippen molar-refractivity contribution < 1.29 is 9.47 Å². The van der Waals surface area contributed by atoms with E-state index in [1.54, 1.807) is 10.9 Å². The lowest BCUT2D eigenvalue weighted by atomic mass is 10.3. The SMILES string of the molecule is Nc1cn(-c2ccc3c(c2)OCO3)nn1. The van der Waals surface area contributed by atoms with E-state index in [2.05, 4.69) is 10.3 Å². The fourth-order valence-corrected chi connectivity index (χ4v) is 1.43. The molecule has 1 aromatic heterocycles. The largest absolute Gasteiger partial charge is 0.454 e. The number of anilines is 1. The molecule has 76 valence electrons. The summed E-state index contributed by atoms with van der Waals surface area (Å²) in [5, 5.41) is 7.56. The summed E-state index contributed by atoms with van der Waals surface area (Å²) in [5.41, 5.74) is 6.31. The summed E-state index contributed by atoms with van der Waals surface area (Å²) in [7, 11) is 0. The van der Waals surface area contributed by atoms with Gasteiger partial charge in [-0.15, -0.1) is 5.10 Å². The molecule has 0 saturated carbocycles. The van der Waals surface area contributed by atoms with Crippen LogP contribution in [-0.4, -0.2) is 21.8 Å². The van der Waals surface area contributed by atoms with Crippen LogP contribution in [-0.2, 0) is 0 Å². The highest BCUT2D eigenvalue weighted by atomic mass is 16.7. The first-order valence-corrected chi connectivity index (χ1v) is 4.41. The van der Waals surface area contributed by atoms with E-state index >= 15 is 0 Å². The van der Waals surface area contributed by atoms with E-state index in [0.29, 0.717) is 11.6 Å². The van der Waals surface area contributed by atoms with Crippen molar-refractivity contribution in [3.8, 4) is 17.2 Å². The van der Waals surface area contributed by atoms with Crippen molar-refractivity contribution in [2.24, 2.45) is 0 Å². The van der Waals surface area contributed by atoms with Crippen LogP contribution in [0, 0.1) is 0 Å². The Kier molecular flexibility index (Phi) is 1.55. The van der Waals surface area contributed by atoms with E-state index in [9.17, 15) is 0 Å². The van der Waals surface area contributed by atoms with Crippen LogP contribution in [0.15, 0.2) is 24.4 Å². The third-order valence-corrected chi connectivity index (χ3v) is 2.13. The minimum atomic E-state index is 0.262.